The predicted octanol–water partition coefficient (Wildman–Crippen LogP) is 2.21. The Kier molecular flexibility index (Phi) is 4.35. The van der Waals surface area contributed by atoms with Gasteiger partial charge in [-0.1, -0.05) is 36.0 Å². The average Bonchev–Trinajstić information content (AvgIpc) is 2.81. The minimum atomic E-state index is -0.943. The molecule has 19 heavy (non-hydrogen) atoms. The summed E-state index contributed by atoms with van der Waals surface area (Å²) in [6, 6.07) is 7.74. The van der Waals surface area contributed by atoms with Gasteiger partial charge < -0.3 is 5.11 Å². The summed E-state index contributed by atoms with van der Waals surface area (Å²) in [5.74, 6) is -0.142. The van der Waals surface area contributed by atoms with Crippen LogP contribution in [0.2, 0.25) is 0 Å². The molecule has 6 heteroatoms. The number of aryl methyl sites for hydroxylation is 1. The molecule has 0 spiro atoms. The quantitative estimate of drug-likeness (QED) is 0.669. The second-order valence-electron chi connectivity index (χ2n) is 3.87. The molecule has 1 N–H and O–H groups in total. The van der Waals surface area contributed by atoms with Crippen LogP contribution in [0.5, 0.6) is 0 Å². The number of aliphatic carboxylic acids is 1. The summed E-state index contributed by atoms with van der Waals surface area (Å²) in [6.07, 6.45) is 4.23. The molecule has 5 nitrogen and oxygen atoms in total. The lowest BCUT2D eigenvalue weighted by Gasteiger charge is -2.01. The zero-order valence-electron chi connectivity index (χ0n) is 10.4. The van der Waals surface area contributed by atoms with Crippen LogP contribution in [-0.2, 0) is 17.6 Å². The van der Waals surface area contributed by atoms with Crippen LogP contribution in [0, 0.1) is 0 Å². The van der Waals surface area contributed by atoms with E-state index in [1.165, 1.54) is 6.33 Å². The van der Waals surface area contributed by atoms with Crippen LogP contribution < -0.4 is 0 Å². The number of hydrogen-bond donors (Lipinski definition) is 1. The number of aromatic nitrogens is 3. The van der Waals surface area contributed by atoms with E-state index in [4.69, 9.17) is 5.11 Å². The first-order valence-electron chi connectivity index (χ1n) is 5.62. The number of nitrogens with zero attached hydrogens (tertiary/aromatic N) is 3. The van der Waals surface area contributed by atoms with Crippen molar-refractivity contribution in [3.63, 3.8) is 0 Å². The molecule has 1 aromatic heterocycles. The summed E-state index contributed by atoms with van der Waals surface area (Å²) in [4.78, 5) is 14.5. The molecule has 0 fully saturated rings. The molecule has 0 radical (unpaired) electrons. The van der Waals surface area contributed by atoms with Crippen molar-refractivity contribution in [3.05, 3.63) is 47.8 Å². The molecule has 0 aliphatic heterocycles. The normalized spacial score (nSPS) is 11.0. The smallest absolute Gasteiger partial charge is 0.328 e. The van der Waals surface area contributed by atoms with Crippen molar-refractivity contribution >= 4 is 23.8 Å². The molecular formula is C13H13N3O2S. The Balaban J connectivity index is 1.95. The van der Waals surface area contributed by atoms with Crippen molar-refractivity contribution in [3.8, 4) is 0 Å². The summed E-state index contributed by atoms with van der Waals surface area (Å²) < 4.78 is 1.73. The maximum Gasteiger partial charge on any atom is 0.328 e. The predicted molar refractivity (Wildman–Crippen MR) is 73.7 cm³/mol. The third-order valence-corrected chi connectivity index (χ3v) is 3.54. The van der Waals surface area contributed by atoms with Crippen LogP contribution in [-0.4, -0.2) is 25.8 Å². The van der Waals surface area contributed by atoms with Crippen LogP contribution in [0.3, 0.4) is 0 Å². The van der Waals surface area contributed by atoms with Gasteiger partial charge in [0.1, 0.15) is 6.33 Å². The second-order valence-corrected chi connectivity index (χ2v) is 4.81. The number of carbonyl (C=O) groups is 1. The number of carboxylic acid groups (broad SMARTS) is 1. The maximum absolute atomic E-state index is 10.4. The van der Waals surface area contributed by atoms with Crippen molar-refractivity contribution in [1.29, 1.82) is 0 Å². The molecule has 0 aliphatic carbocycles. The zero-order valence-corrected chi connectivity index (χ0v) is 11.2. The molecule has 0 aliphatic rings. The average molecular weight is 275 g/mol. The lowest BCUT2D eigenvalue weighted by atomic mass is 10.1. The minimum Gasteiger partial charge on any atom is -0.478 e. The van der Waals surface area contributed by atoms with Gasteiger partial charge in [0.15, 0.2) is 5.16 Å². The number of thioether (sulfide) groups is 1. The molecule has 0 unspecified atom stereocenters. The largest absolute Gasteiger partial charge is 0.478 e. The summed E-state index contributed by atoms with van der Waals surface area (Å²) in [7, 11) is 1.86. The Morgan fingerprint density at radius 1 is 1.42 bits per heavy atom. The van der Waals surface area contributed by atoms with Crippen molar-refractivity contribution in [1.82, 2.24) is 14.8 Å². The van der Waals surface area contributed by atoms with E-state index in [1.807, 2.05) is 31.3 Å². The van der Waals surface area contributed by atoms with E-state index in [1.54, 1.807) is 22.5 Å². The van der Waals surface area contributed by atoms with Crippen molar-refractivity contribution in [2.24, 2.45) is 7.05 Å². The summed E-state index contributed by atoms with van der Waals surface area (Å²) >= 11 is 1.61. The maximum atomic E-state index is 10.4. The molecule has 2 rings (SSSR count). The highest BCUT2D eigenvalue weighted by Crippen LogP contribution is 2.20. The molecule has 2 aromatic rings. The summed E-state index contributed by atoms with van der Waals surface area (Å²) in [6.45, 7) is 0. The Bertz CT molecular complexity index is 590. The molecule has 98 valence electrons. The van der Waals surface area contributed by atoms with Gasteiger partial charge in [-0.05, 0) is 17.2 Å². The second kappa shape index (κ2) is 6.19. The van der Waals surface area contributed by atoms with Gasteiger partial charge in [0, 0.05) is 18.9 Å². The Labute approximate surface area is 115 Å². The van der Waals surface area contributed by atoms with Gasteiger partial charge in [0.2, 0.25) is 0 Å². The fourth-order valence-corrected chi connectivity index (χ4v) is 2.30. The van der Waals surface area contributed by atoms with E-state index in [0.717, 1.165) is 28.1 Å². The Hall–Kier alpha value is -2.08. The van der Waals surface area contributed by atoms with E-state index < -0.39 is 5.97 Å². The van der Waals surface area contributed by atoms with Crippen molar-refractivity contribution in [2.75, 3.05) is 0 Å². The van der Waals surface area contributed by atoms with Crippen LogP contribution in [0.15, 0.2) is 41.8 Å². The van der Waals surface area contributed by atoms with Crippen molar-refractivity contribution < 1.29 is 9.90 Å². The van der Waals surface area contributed by atoms with Gasteiger partial charge in [-0.3, -0.25) is 0 Å². The first-order chi connectivity index (χ1) is 9.15. The lowest BCUT2D eigenvalue weighted by molar-refractivity contribution is -0.131. The molecular weight excluding hydrogens is 262 g/mol. The molecule has 0 saturated carbocycles. The van der Waals surface area contributed by atoms with Gasteiger partial charge in [0.25, 0.3) is 0 Å². The van der Waals surface area contributed by atoms with Gasteiger partial charge in [-0.2, -0.15) is 5.10 Å². The molecule has 0 atom stereocenters. The highest BCUT2D eigenvalue weighted by molar-refractivity contribution is 7.98. The third kappa shape index (κ3) is 3.96. The first-order valence-corrected chi connectivity index (χ1v) is 6.60. The lowest BCUT2D eigenvalue weighted by Crippen LogP contribution is -1.93. The van der Waals surface area contributed by atoms with Gasteiger partial charge >= 0.3 is 5.97 Å². The van der Waals surface area contributed by atoms with E-state index >= 15 is 0 Å². The topological polar surface area (TPSA) is 68.0 Å². The van der Waals surface area contributed by atoms with Crippen LogP contribution in [0.1, 0.15) is 11.1 Å². The summed E-state index contributed by atoms with van der Waals surface area (Å²) in [5.41, 5.74) is 2.02. The highest BCUT2D eigenvalue weighted by Gasteiger charge is 2.01. The van der Waals surface area contributed by atoms with Crippen LogP contribution >= 0.6 is 11.8 Å². The number of benzene rings is 1. The summed E-state index contributed by atoms with van der Waals surface area (Å²) in [5, 5.41) is 13.4. The van der Waals surface area contributed by atoms with E-state index in [2.05, 4.69) is 10.1 Å². The number of hydrogen-bond acceptors (Lipinski definition) is 4. The van der Waals surface area contributed by atoms with E-state index in [-0.39, 0.29) is 0 Å². The first kappa shape index (κ1) is 13.4. The van der Waals surface area contributed by atoms with Gasteiger partial charge in [-0.15, -0.1) is 0 Å². The van der Waals surface area contributed by atoms with Crippen LogP contribution in [0.4, 0.5) is 0 Å². The Morgan fingerprint density at radius 3 is 2.74 bits per heavy atom. The fraction of sp³-hybridized carbons (Fsp3) is 0.154. The van der Waals surface area contributed by atoms with Crippen molar-refractivity contribution in [2.45, 2.75) is 10.9 Å². The van der Waals surface area contributed by atoms with Gasteiger partial charge in [0.05, 0.1) is 0 Å². The molecule has 0 saturated heterocycles. The SMILES string of the molecule is Cn1ncnc1SCc1ccc(/C=C/C(=O)O)cc1. The standard InChI is InChI=1S/C13H13N3O2S/c1-16-13(14-9-15-16)19-8-11-4-2-10(3-5-11)6-7-12(17)18/h2-7,9H,8H2,1H3,(H,17,18)/b7-6+. The molecule has 0 bridgehead atoms. The van der Waals surface area contributed by atoms with E-state index in [0.29, 0.717) is 0 Å². The third-order valence-electron chi connectivity index (χ3n) is 2.44. The Morgan fingerprint density at radius 2 is 2.16 bits per heavy atom. The zero-order chi connectivity index (χ0) is 13.7. The van der Waals surface area contributed by atoms with E-state index in [9.17, 15) is 4.79 Å². The molecule has 0 amide bonds. The van der Waals surface area contributed by atoms with Gasteiger partial charge in [-0.25, -0.2) is 14.5 Å². The fourth-order valence-electron chi connectivity index (χ4n) is 1.46. The molecule has 1 heterocycles. The number of carboxylic acids is 1. The number of rotatable bonds is 5. The highest BCUT2D eigenvalue weighted by atomic mass is 32.2. The monoisotopic (exact) mass is 275 g/mol. The minimum absolute atomic E-state index is 0.801. The van der Waals surface area contributed by atoms with Crippen LogP contribution in [0.25, 0.3) is 6.08 Å². The molecule has 1 aromatic carbocycles.